The van der Waals surface area contributed by atoms with Crippen molar-refractivity contribution in [2.45, 2.75) is 103 Å². The molecule has 1 atom stereocenters. The topological polar surface area (TPSA) is 57.5 Å². The van der Waals surface area contributed by atoms with E-state index in [1.54, 1.807) is 0 Å². The number of hydrogen-bond donors (Lipinski definition) is 2. The summed E-state index contributed by atoms with van der Waals surface area (Å²) in [7, 11) is 0. The zero-order valence-corrected chi connectivity index (χ0v) is 15.3. The van der Waals surface area contributed by atoms with Gasteiger partial charge in [0.05, 0.1) is 6.10 Å². The maximum Gasteiger partial charge on any atom is 0.303 e. The van der Waals surface area contributed by atoms with Crippen LogP contribution in [0.3, 0.4) is 0 Å². The van der Waals surface area contributed by atoms with Crippen molar-refractivity contribution in [2.75, 3.05) is 0 Å². The predicted molar refractivity (Wildman–Crippen MR) is 97.6 cm³/mol. The number of carbonyl (C=O) groups is 1. The van der Waals surface area contributed by atoms with Crippen molar-refractivity contribution in [2.24, 2.45) is 5.92 Å². The fraction of sp³-hybridized carbons (Fsp3) is 0.850. The second-order valence-corrected chi connectivity index (χ2v) is 7.09. The fourth-order valence-corrected chi connectivity index (χ4v) is 2.77. The van der Waals surface area contributed by atoms with Crippen molar-refractivity contribution in [3.05, 3.63) is 12.2 Å². The van der Waals surface area contributed by atoms with Crippen LogP contribution in [0.4, 0.5) is 0 Å². The highest BCUT2D eigenvalue weighted by Gasteiger charge is 2.01. The minimum atomic E-state index is -0.672. The van der Waals surface area contributed by atoms with Gasteiger partial charge in [-0.15, -0.1) is 0 Å². The molecule has 0 fully saturated rings. The van der Waals surface area contributed by atoms with Crippen molar-refractivity contribution >= 4 is 5.97 Å². The Labute approximate surface area is 143 Å². The first-order chi connectivity index (χ1) is 11.0. The molecule has 0 spiro atoms. The number of carboxylic acids is 1. The van der Waals surface area contributed by atoms with Crippen molar-refractivity contribution in [1.82, 2.24) is 0 Å². The summed E-state index contributed by atoms with van der Waals surface area (Å²) in [6, 6.07) is 0. The normalized spacial score (nSPS) is 13.0. The van der Waals surface area contributed by atoms with E-state index in [1.165, 1.54) is 51.4 Å². The molecule has 0 aromatic rings. The van der Waals surface area contributed by atoms with Gasteiger partial charge in [0.2, 0.25) is 0 Å². The largest absolute Gasteiger partial charge is 0.481 e. The van der Waals surface area contributed by atoms with Crippen LogP contribution in [-0.2, 0) is 4.79 Å². The van der Waals surface area contributed by atoms with Crippen LogP contribution in [0.2, 0.25) is 0 Å². The van der Waals surface area contributed by atoms with Crippen molar-refractivity contribution < 1.29 is 15.0 Å². The average Bonchev–Trinajstić information content (AvgIpc) is 2.46. The molecule has 0 aromatic heterocycles. The monoisotopic (exact) mass is 326 g/mol. The molecule has 3 nitrogen and oxygen atoms in total. The van der Waals surface area contributed by atoms with E-state index in [0.717, 1.165) is 25.7 Å². The zero-order chi connectivity index (χ0) is 17.3. The highest BCUT2D eigenvalue weighted by atomic mass is 16.4. The van der Waals surface area contributed by atoms with Crippen molar-refractivity contribution in [3.63, 3.8) is 0 Å². The summed E-state index contributed by atoms with van der Waals surface area (Å²) in [5, 5.41) is 18.2. The molecule has 0 saturated heterocycles. The van der Waals surface area contributed by atoms with Gasteiger partial charge in [-0.05, 0) is 31.6 Å². The molecule has 136 valence electrons. The quantitative estimate of drug-likeness (QED) is 0.282. The predicted octanol–water partition coefficient (Wildman–Crippen LogP) is 5.72. The van der Waals surface area contributed by atoms with E-state index in [2.05, 4.69) is 19.9 Å². The lowest BCUT2D eigenvalue weighted by atomic mass is 10.0. The van der Waals surface area contributed by atoms with Crippen LogP contribution < -0.4 is 0 Å². The van der Waals surface area contributed by atoms with Crippen LogP contribution in [0.25, 0.3) is 0 Å². The summed E-state index contributed by atoms with van der Waals surface area (Å²) in [5.74, 6) is -0.124. The van der Waals surface area contributed by atoms with E-state index < -0.39 is 5.97 Å². The smallest absolute Gasteiger partial charge is 0.303 e. The second-order valence-electron chi connectivity index (χ2n) is 7.09. The molecule has 0 saturated carbocycles. The Morgan fingerprint density at radius 2 is 1.35 bits per heavy atom. The molecule has 0 rings (SSSR count). The highest BCUT2D eigenvalue weighted by Crippen LogP contribution is 2.12. The SMILES string of the molecule is CC(C)CC(O)C=CCCCCCCCCCCCCC(=O)O. The third-order valence-electron chi connectivity index (χ3n) is 4.08. The lowest BCUT2D eigenvalue weighted by Crippen LogP contribution is -2.05. The number of allylic oxidation sites excluding steroid dienone is 1. The van der Waals surface area contributed by atoms with Crippen LogP contribution in [0.15, 0.2) is 12.2 Å². The number of carboxylic acid groups (broad SMARTS) is 1. The second kappa shape index (κ2) is 16.0. The Balaban J connectivity index is 3.19. The van der Waals surface area contributed by atoms with Crippen LogP contribution in [0.1, 0.15) is 97.3 Å². The number of hydrogen-bond acceptors (Lipinski definition) is 2. The lowest BCUT2D eigenvalue weighted by Gasteiger charge is -2.07. The molecule has 0 bridgehead atoms. The Kier molecular flexibility index (Phi) is 15.5. The van der Waals surface area contributed by atoms with Crippen LogP contribution in [0.5, 0.6) is 0 Å². The van der Waals surface area contributed by atoms with Gasteiger partial charge >= 0.3 is 5.97 Å². The first-order valence-corrected chi connectivity index (χ1v) is 9.59. The molecule has 0 aromatic carbocycles. The van der Waals surface area contributed by atoms with E-state index in [1.807, 2.05) is 6.08 Å². The Hall–Kier alpha value is -0.830. The average molecular weight is 327 g/mol. The number of rotatable bonds is 16. The van der Waals surface area contributed by atoms with Crippen LogP contribution in [0, 0.1) is 5.92 Å². The van der Waals surface area contributed by atoms with Gasteiger partial charge in [-0.2, -0.15) is 0 Å². The highest BCUT2D eigenvalue weighted by molar-refractivity contribution is 5.66. The number of aliphatic carboxylic acids is 1. The molecule has 3 heteroatoms. The summed E-state index contributed by atoms with van der Waals surface area (Å²) >= 11 is 0. The molecule has 1 unspecified atom stereocenters. The Morgan fingerprint density at radius 1 is 0.870 bits per heavy atom. The molecule has 0 aliphatic rings. The third-order valence-corrected chi connectivity index (χ3v) is 4.08. The zero-order valence-electron chi connectivity index (χ0n) is 15.3. The third kappa shape index (κ3) is 19.1. The van der Waals surface area contributed by atoms with E-state index in [0.29, 0.717) is 12.3 Å². The first-order valence-electron chi connectivity index (χ1n) is 9.59. The van der Waals surface area contributed by atoms with Gasteiger partial charge in [-0.1, -0.05) is 77.4 Å². The number of aliphatic hydroxyl groups is 1. The van der Waals surface area contributed by atoms with Crippen LogP contribution in [-0.4, -0.2) is 22.3 Å². The maximum absolute atomic E-state index is 10.4. The van der Waals surface area contributed by atoms with Gasteiger partial charge in [-0.25, -0.2) is 0 Å². The molecule has 2 N–H and O–H groups in total. The van der Waals surface area contributed by atoms with Crippen molar-refractivity contribution in [3.8, 4) is 0 Å². The van der Waals surface area contributed by atoms with Gasteiger partial charge in [0.1, 0.15) is 0 Å². The van der Waals surface area contributed by atoms with Crippen LogP contribution >= 0.6 is 0 Å². The molecule has 23 heavy (non-hydrogen) atoms. The van der Waals surface area contributed by atoms with E-state index in [9.17, 15) is 9.90 Å². The van der Waals surface area contributed by atoms with Gasteiger partial charge in [0.25, 0.3) is 0 Å². The molecule has 0 radical (unpaired) electrons. The minimum absolute atomic E-state index is 0.273. The van der Waals surface area contributed by atoms with Gasteiger partial charge in [0, 0.05) is 6.42 Å². The van der Waals surface area contributed by atoms with Crippen molar-refractivity contribution in [1.29, 1.82) is 0 Å². The number of unbranched alkanes of at least 4 members (excludes halogenated alkanes) is 10. The maximum atomic E-state index is 10.4. The molecular weight excluding hydrogens is 288 g/mol. The lowest BCUT2D eigenvalue weighted by molar-refractivity contribution is -0.137. The van der Waals surface area contributed by atoms with E-state index in [4.69, 9.17) is 5.11 Å². The minimum Gasteiger partial charge on any atom is -0.481 e. The van der Waals surface area contributed by atoms with E-state index in [-0.39, 0.29) is 6.10 Å². The molecule has 0 aliphatic heterocycles. The summed E-state index contributed by atoms with van der Waals surface area (Å²) in [6.07, 6.45) is 18.1. The van der Waals surface area contributed by atoms with E-state index >= 15 is 0 Å². The molecule has 0 aliphatic carbocycles. The van der Waals surface area contributed by atoms with Gasteiger partial charge in [-0.3, -0.25) is 4.79 Å². The number of aliphatic hydroxyl groups excluding tert-OH is 1. The Bertz CT molecular complexity index is 297. The summed E-state index contributed by atoms with van der Waals surface area (Å²) in [5.41, 5.74) is 0. The molecule has 0 heterocycles. The molecular formula is C20H38O3. The summed E-state index contributed by atoms with van der Waals surface area (Å²) in [6.45, 7) is 4.26. The summed E-state index contributed by atoms with van der Waals surface area (Å²) < 4.78 is 0. The van der Waals surface area contributed by atoms with Gasteiger partial charge < -0.3 is 10.2 Å². The molecule has 0 amide bonds. The Morgan fingerprint density at radius 3 is 1.83 bits per heavy atom. The fourth-order valence-electron chi connectivity index (χ4n) is 2.77. The standard InChI is InChI=1S/C20H38O3/c1-18(2)17-19(21)15-13-11-9-7-5-3-4-6-8-10-12-14-16-20(22)23/h13,15,18-19,21H,3-12,14,16-17H2,1-2H3,(H,22,23). The summed E-state index contributed by atoms with van der Waals surface area (Å²) in [4.78, 5) is 10.4. The van der Waals surface area contributed by atoms with Gasteiger partial charge in [0.15, 0.2) is 0 Å². The first kappa shape index (κ1) is 22.2.